The lowest BCUT2D eigenvalue weighted by atomic mass is 10.0. The SMILES string of the molecule is Cc1ccc2oc(C(=O)O)c(-c3ccccc3)c(=O)c2c1. The number of hydrogen-bond acceptors (Lipinski definition) is 3. The molecule has 0 saturated carbocycles. The fourth-order valence-corrected chi connectivity index (χ4v) is 2.33. The van der Waals surface area contributed by atoms with Crippen molar-refractivity contribution in [2.24, 2.45) is 0 Å². The summed E-state index contributed by atoms with van der Waals surface area (Å²) in [6, 6.07) is 13.8. The molecule has 3 aromatic rings. The van der Waals surface area contributed by atoms with Crippen molar-refractivity contribution in [2.75, 3.05) is 0 Å². The molecule has 0 amide bonds. The van der Waals surface area contributed by atoms with E-state index in [-0.39, 0.29) is 22.3 Å². The molecule has 3 rings (SSSR count). The van der Waals surface area contributed by atoms with E-state index in [0.29, 0.717) is 10.9 Å². The van der Waals surface area contributed by atoms with Crippen LogP contribution in [0.4, 0.5) is 0 Å². The average molecular weight is 280 g/mol. The fraction of sp³-hybridized carbons (Fsp3) is 0.0588. The summed E-state index contributed by atoms with van der Waals surface area (Å²) in [4.78, 5) is 24.1. The number of fused-ring (bicyclic) bond motifs is 1. The summed E-state index contributed by atoms with van der Waals surface area (Å²) in [5.74, 6) is -1.59. The van der Waals surface area contributed by atoms with Gasteiger partial charge in [0.25, 0.3) is 0 Å². The third-order valence-corrected chi connectivity index (χ3v) is 3.30. The molecule has 0 saturated heterocycles. The monoisotopic (exact) mass is 280 g/mol. The minimum absolute atomic E-state index is 0.0844. The number of carboxylic acids is 1. The first kappa shape index (κ1) is 13.1. The van der Waals surface area contributed by atoms with Gasteiger partial charge in [-0.25, -0.2) is 4.79 Å². The Balaban J connectivity index is 2.46. The summed E-state index contributed by atoms with van der Waals surface area (Å²) in [5, 5.41) is 9.72. The second-order valence-electron chi connectivity index (χ2n) is 4.81. The molecule has 2 aromatic carbocycles. The van der Waals surface area contributed by atoms with Gasteiger partial charge in [-0.3, -0.25) is 4.79 Å². The molecule has 4 nitrogen and oxygen atoms in total. The number of rotatable bonds is 2. The minimum atomic E-state index is -1.26. The highest BCUT2D eigenvalue weighted by atomic mass is 16.4. The zero-order chi connectivity index (χ0) is 15.0. The second-order valence-corrected chi connectivity index (χ2v) is 4.81. The molecule has 0 unspecified atom stereocenters. The Morgan fingerprint density at radius 3 is 2.48 bits per heavy atom. The van der Waals surface area contributed by atoms with Crippen molar-refractivity contribution in [3.05, 3.63) is 70.1 Å². The first-order chi connectivity index (χ1) is 10.1. The molecule has 1 heterocycles. The van der Waals surface area contributed by atoms with Crippen LogP contribution in [0.2, 0.25) is 0 Å². The third-order valence-electron chi connectivity index (χ3n) is 3.30. The van der Waals surface area contributed by atoms with Crippen LogP contribution in [-0.2, 0) is 0 Å². The summed E-state index contributed by atoms with van der Waals surface area (Å²) in [6.07, 6.45) is 0. The van der Waals surface area contributed by atoms with E-state index in [9.17, 15) is 14.7 Å². The Kier molecular flexibility index (Phi) is 3.06. The van der Waals surface area contributed by atoms with Gasteiger partial charge in [-0.2, -0.15) is 0 Å². The van der Waals surface area contributed by atoms with Gasteiger partial charge in [-0.1, -0.05) is 42.0 Å². The Labute approximate surface area is 120 Å². The van der Waals surface area contributed by atoms with E-state index in [4.69, 9.17) is 4.42 Å². The summed E-state index contributed by atoms with van der Waals surface area (Å²) < 4.78 is 5.45. The van der Waals surface area contributed by atoms with E-state index >= 15 is 0 Å². The van der Waals surface area contributed by atoms with Crippen molar-refractivity contribution in [1.29, 1.82) is 0 Å². The maximum Gasteiger partial charge on any atom is 0.372 e. The molecule has 21 heavy (non-hydrogen) atoms. The normalized spacial score (nSPS) is 10.7. The molecule has 0 atom stereocenters. The molecule has 0 aliphatic rings. The number of aromatic carboxylic acids is 1. The van der Waals surface area contributed by atoms with Gasteiger partial charge in [0.1, 0.15) is 5.58 Å². The maximum absolute atomic E-state index is 12.7. The third kappa shape index (κ3) is 2.21. The summed E-state index contributed by atoms with van der Waals surface area (Å²) in [7, 11) is 0. The zero-order valence-corrected chi connectivity index (χ0v) is 11.3. The molecular formula is C17H12O4. The van der Waals surface area contributed by atoms with Gasteiger partial charge in [0.05, 0.1) is 10.9 Å². The van der Waals surface area contributed by atoms with Gasteiger partial charge in [-0.05, 0) is 24.6 Å². The smallest absolute Gasteiger partial charge is 0.372 e. The molecule has 104 valence electrons. The van der Waals surface area contributed by atoms with Crippen LogP contribution in [0.15, 0.2) is 57.7 Å². The first-order valence-corrected chi connectivity index (χ1v) is 6.44. The van der Waals surface area contributed by atoms with Crippen molar-refractivity contribution in [3.8, 4) is 11.1 Å². The topological polar surface area (TPSA) is 67.5 Å². The Bertz CT molecular complexity index is 892. The molecule has 1 aromatic heterocycles. The van der Waals surface area contributed by atoms with Gasteiger partial charge in [0, 0.05) is 0 Å². The van der Waals surface area contributed by atoms with Gasteiger partial charge >= 0.3 is 5.97 Å². The van der Waals surface area contributed by atoms with Crippen LogP contribution in [-0.4, -0.2) is 11.1 Å². The van der Waals surface area contributed by atoms with E-state index in [2.05, 4.69) is 0 Å². The largest absolute Gasteiger partial charge is 0.475 e. The molecule has 0 radical (unpaired) electrons. The first-order valence-electron chi connectivity index (χ1n) is 6.44. The van der Waals surface area contributed by atoms with Crippen molar-refractivity contribution >= 4 is 16.9 Å². The van der Waals surface area contributed by atoms with Crippen molar-refractivity contribution in [3.63, 3.8) is 0 Å². The highest BCUT2D eigenvalue weighted by molar-refractivity contribution is 5.96. The highest BCUT2D eigenvalue weighted by Crippen LogP contribution is 2.25. The lowest BCUT2D eigenvalue weighted by molar-refractivity contribution is 0.0664. The Hall–Kier alpha value is -2.88. The number of aryl methyl sites for hydroxylation is 1. The van der Waals surface area contributed by atoms with Gasteiger partial charge in [0.2, 0.25) is 11.2 Å². The van der Waals surface area contributed by atoms with E-state index in [1.807, 2.05) is 6.92 Å². The number of benzene rings is 2. The second kappa shape index (κ2) is 4.90. The molecule has 0 fully saturated rings. The van der Waals surface area contributed by atoms with Crippen LogP contribution in [0.25, 0.3) is 22.1 Å². The lowest BCUT2D eigenvalue weighted by Gasteiger charge is -2.07. The predicted octanol–water partition coefficient (Wildman–Crippen LogP) is 3.47. The molecular weight excluding hydrogens is 268 g/mol. The molecule has 0 aliphatic carbocycles. The van der Waals surface area contributed by atoms with Gasteiger partial charge < -0.3 is 9.52 Å². The van der Waals surface area contributed by atoms with Crippen molar-refractivity contribution in [2.45, 2.75) is 6.92 Å². The molecule has 1 N–H and O–H groups in total. The minimum Gasteiger partial charge on any atom is -0.475 e. The lowest BCUT2D eigenvalue weighted by Crippen LogP contribution is -2.12. The van der Waals surface area contributed by atoms with E-state index in [1.165, 1.54) is 0 Å². The van der Waals surface area contributed by atoms with Crippen LogP contribution in [0.3, 0.4) is 0 Å². The zero-order valence-electron chi connectivity index (χ0n) is 11.3. The molecule has 4 heteroatoms. The van der Waals surface area contributed by atoms with E-state index < -0.39 is 5.97 Å². The summed E-state index contributed by atoms with van der Waals surface area (Å²) in [5.41, 5.74) is 1.48. The van der Waals surface area contributed by atoms with Gasteiger partial charge in [0.15, 0.2) is 0 Å². The van der Waals surface area contributed by atoms with Crippen LogP contribution in [0.5, 0.6) is 0 Å². The number of carbonyl (C=O) groups is 1. The maximum atomic E-state index is 12.7. The summed E-state index contributed by atoms with van der Waals surface area (Å²) in [6.45, 7) is 1.87. The van der Waals surface area contributed by atoms with Crippen LogP contribution < -0.4 is 5.43 Å². The molecule has 0 bridgehead atoms. The van der Waals surface area contributed by atoms with Crippen LogP contribution in [0.1, 0.15) is 16.1 Å². The standard InChI is InChI=1S/C17H12O4/c1-10-7-8-13-12(9-10)15(18)14(16(21-13)17(19)20)11-5-3-2-4-6-11/h2-9H,1H3,(H,19,20). The van der Waals surface area contributed by atoms with Crippen LogP contribution >= 0.6 is 0 Å². The quantitative estimate of drug-likeness (QED) is 0.780. The molecule has 0 spiro atoms. The number of carboxylic acid groups (broad SMARTS) is 1. The van der Waals surface area contributed by atoms with Gasteiger partial charge in [-0.15, -0.1) is 0 Å². The summed E-state index contributed by atoms with van der Waals surface area (Å²) >= 11 is 0. The van der Waals surface area contributed by atoms with E-state index in [1.54, 1.807) is 48.5 Å². The van der Waals surface area contributed by atoms with E-state index in [0.717, 1.165) is 5.56 Å². The van der Waals surface area contributed by atoms with Crippen LogP contribution in [0, 0.1) is 6.92 Å². The Morgan fingerprint density at radius 2 is 1.81 bits per heavy atom. The molecule has 0 aliphatic heterocycles. The highest BCUT2D eigenvalue weighted by Gasteiger charge is 2.21. The average Bonchev–Trinajstić information content (AvgIpc) is 2.48. The predicted molar refractivity (Wildman–Crippen MR) is 79.6 cm³/mol. The van der Waals surface area contributed by atoms with Crippen molar-refractivity contribution in [1.82, 2.24) is 0 Å². The fourth-order valence-electron chi connectivity index (χ4n) is 2.33. The number of hydrogen-bond donors (Lipinski definition) is 1. The Morgan fingerprint density at radius 1 is 1.10 bits per heavy atom. The van der Waals surface area contributed by atoms with Crippen molar-refractivity contribution < 1.29 is 14.3 Å².